The highest BCUT2D eigenvalue weighted by atomic mass is 32.1. The molecule has 0 spiro atoms. The number of carbonyl (C=O) groups excluding carboxylic acids is 1. The van der Waals surface area contributed by atoms with Crippen LogP contribution >= 0.6 is 12.2 Å². The Balaban J connectivity index is 2.42. The zero-order chi connectivity index (χ0) is 17.7. The van der Waals surface area contributed by atoms with Gasteiger partial charge in [-0.25, -0.2) is 4.79 Å². The summed E-state index contributed by atoms with van der Waals surface area (Å²) >= 11 is 5.22. The molecule has 0 saturated carbocycles. The van der Waals surface area contributed by atoms with Gasteiger partial charge in [-0.15, -0.1) is 0 Å². The minimum atomic E-state index is -0.416. The number of allylic oxidation sites excluding steroid dienone is 1. The second-order valence-corrected chi connectivity index (χ2v) is 5.73. The number of rotatable bonds is 6. The molecule has 0 aliphatic carbocycles. The molecular formula is C17H22N2O4S. The predicted octanol–water partition coefficient (Wildman–Crippen LogP) is 2.45. The average molecular weight is 350 g/mol. The Kier molecular flexibility index (Phi) is 6.03. The van der Waals surface area contributed by atoms with Gasteiger partial charge in [0.25, 0.3) is 0 Å². The van der Waals surface area contributed by atoms with E-state index in [1.165, 1.54) is 7.11 Å². The van der Waals surface area contributed by atoms with E-state index >= 15 is 0 Å². The van der Waals surface area contributed by atoms with Crippen LogP contribution in [0.25, 0.3) is 0 Å². The van der Waals surface area contributed by atoms with E-state index in [0.29, 0.717) is 34.5 Å². The minimum absolute atomic E-state index is 0.412. The molecule has 1 aliphatic rings. The number of esters is 1. The lowest BCUT2D eigenvalue weighted by Crippen LogP contribution is -2.45. The molecular weight excluding hydrogens is 328 g/mol. The van der Waals surface area contributed by atoms with Gasteiger partial charge in [-0.2, -0.15) is 0 Å². The first-order valence-electron chi connectivity index (χ1n) is 7.69. The number of hydrogen-bond acceptors (Lipinski definition) is 5. The van der Waals surface area contributed by atoms with Gasteiger partial charge in [-0.3, -0.25) is 0 Å². The Morgan fingerprint density at radius 1 is 1.29 bits per heavy atom. The van der Waals surface area contributed by atoms with Crippen LogP contribution in [0.5, 0.6) is 11.5 Å². The summed E-state index contributed by atoms with van der Waals surface area (Å²) in [7, 11) is 2.94. The topological polar surface area (TPSA) is 68.8 Å². The summed E-state index contributed by atoms with van der Waals surface area (Å²) in [5, 5.41) is 6.52. The van der Waals surface area contributed by atoms with E-state index < -0.39 is 12.0 Å². The van der Waals surface area contributed by atoms with Crippen molar-refractivity contribution in [2.24, 2.45) is 0 Å². The highest BCUT2D eigenvalue weighted by molar-refractivity contribution is 7.80. The van der Waals surface area contributed by atoms with Crippen LogP contribution in [0.1, 0.15) is 31.9 Å². The molecule has 0 fully saturated rings. The normalized spacial score (nSPS) is 17.0. The van der Waals surface area contributed by atoms with Crippen molar-refractivity contribution < 1.29 is 19.0 Å². The van der Waals surface area contributed by atoms with E-state index in [1.54, 1.807) is 14.0 Å². The quantitative estimate of drug-likeness (QED) is 0.603. The third kappa shape index (κ3) is 3.79. The molecule has 24 heavy (non-hydrogen) atoms. The molecule has 0 radical (unpaired) electrons. The first kappa shape index (κ1) is 18.1. The van der Waals surface area contributed by atoms with Crippen LogP contribution in [0.3, 0.4) is 0 Å². The fourth-order valence-corrected chi connectivity index (χ4v) is 2.79. The van der Waals surface area contributed by atoms with Gasteiger partial charge in [-0.1, -0.05) is 13.0 Å². The van der Waals surface area contributed by atoms with Crippen LogP contribution in [0.2, 0.25) is 0 Å². The number of methoxy groups -OCH3 is 2. The van der Waals surface area contributed by atoms with E-state index in [2.05, 4.69) is 10.6 Å². The van der Waals surface area contributed by atoms with Crippen molar-refractivity contribution in [2.75, 3.05) is 20.8 Å². The van der Waals surface area contributed by atoms with E-state index in [0.717, 1.165) is 12.0 Å². The maximum absolute atomic E-state index is 12.2. The number of carbonyl (C=O) groups is 1. The van der Waals surface area contributed by atoms with Crippen LogP contribution in [0.15, 0.2) is 29.5 Å². The van der Waals surface area contributed by atoms with Crippen LogP contribution in [-0.4, -0.2) is 31.9 Å². The Bertz CT molecular complexity index is 673. The van der Waals surface area contributed by atoms with Gasteiger partial charge in [0.2, 0.25) is 0 Å². The fraction of sp³-hybridized carbons (Fsp3) is 0.412. The van der Waals surface area contributed by atoms with E-state index in [-0.39, 0.29) is 0 Å². The first-order valence-corrected chi connectivity index (χ1v) is 8.10. The van der Waals surface area contributed by atoms with Crippen LogP contribution in [0, 0.1) is 0 Å². The second-order valence-electron chi connectivity index (χ2n) is 5.32. The van der Waals surface area contributed by atoms with Gasteiger partial charge < -0.3 is 24.8 Å². The molecule has 6 nitrogen and oxygen atoms in total. The highest BCUT2D eigenvalue weighted by Gasteiger charge is 2.31. The van der Waals surface area contributed by atoms with Crippen molar-refractivity contribution in [3.05, 3.63) is 35.0 Å². The molecule has 130 valence electrons. The van der Waals surface area contributed by atoms with Crippen molar-refractivity contribution in [2.45, 2.75) is 26.3 Å². The summed E-state index contributed by atoms with van der Waals surface area (Å²) in [6.45, 7) is 4.44. The van der Waals surface area contributed by atoms with E-state index in [9.17, 15) is 4.79 Å². The van der Waals surface area contributed by atoms with Gasteiger partial charge >= 0.3 is 5.97 Å². The molecule has 2 N–H and O–H groups in total. The molecule has 1 atom stereocenters. The lowest BCUT2D eigenvalue weighted by Gasteiger charge is -2.30. The smallest absolute Gasteiger partial charge is 0.337 e. The summed E-state index contributed by atoms with van der Waals surface area (Å²) in [4.78, 5) is 12.2. The molecule has 1 aliphatic heterocycles. The summed E-state index contributed by atoms with van der Waals surface area (Å²) < 4.78 is 16.0. The predicted molar refractivity (Wildman–Crippen MR) is 95.1 cm³/mol. The molecule has 0 bridgehead atoms. The average Bonchev–Trinajstić information content (AvgIpc) is 2.58. The molecule has 1 aromatic carbocycles. The fourth-order valence-electron chi connectivity index (χ4n) is 2.52. The second kappa shape index (κ2) is 8.01. The van der Waals surface area contributed by atoms with Crippen molar-refractivity contribution in [3.8, 4) is 11.5 Å². The summed E-state index contributed by atoms with van der Waals surface area (Å²) in [5.41, 5.74) is 1.98. The van der Waals surface area contributed by atoms with Crippen molar-refractivity contribution in [3.63, 3.8) is 0 Å². The molecule has 0 unspecified atom stereocenters. The molecule has 0 saturated heterocycles. The molecule has 2 rings (SSSR count). The first-order chi connectivity index (χ1) is 11.5. The number of thiocarbonyl (C=S) groups is 1. The summed E-state index contributed by atoms with van der Waals surface area (Å²) in [6, 6.07) is 5.14. The van der Waals surface area contributed by atoms with Gasteiger partial charge in [0, 0.05) is 5.70 Å². The Hall–Kier alpha value is -2.28. The zero-order valence-corrected chi connectivity index (χ0v) is 15.1. The maximum Gasteiger partial charge on any atom is 0.337 e. The maximum atomic E-state index is 12.2. The number of hydrogen-bond donors (Lipinski definition) is 2. The van der Waals surface area contributed by atoms with Crippen molar-refractivity contribution >= 4 is 23.3 Å². The largest absolute Gasteiger partial charge is 0.493 e. The Morgan fingerprint density at radius 3 is 2.67 bits per heavy atom. The minimum Gasteiger partial charge on any atom is -0.493 e. The standard InChI is InChI=1S/C17H22N2O4S/c1-5-8-23-12-7-6-11(9-13(12)21-3)15-14(16(20)22-4)10(2)18-17(24)19-15/h6-7,9,15H,5,8H2,1-4H3,(H2,18,19,24)/t15-/m1/s1. The number of nitrogens with one attached hydrogen (secondary N) is 2. The Labute approximate surface area is 147 Å². The third-order valence-corrected chi connectivity index (χ3v) is 3.88. The number of ether oxygens (including phenoxy) is 3. The molecule has 1 aromatic rings. The third-order valence-electron chi connectivity index (χ3n) is 3.66. The number of benzene rings is 1. The molecule has 1 heterocycles. The van der Waals surface area contributed by atoms with Gasteiger partial charge in [0.1, 0.15) is 0 Å². The van der Waals surface area contributed by atoms with Gasteiger partial charge in [0.05, 0.1) is 32.4 Å². The van der Waals surface area contributed by atoms with Crippen LogP contribution in [-0.2, 0) is 9.53 Å². The monoisotopic (exact) mass is 350 g/mol. The van der Waals surface area contributed by atoms with Crippen LogP contribution in [0.4, 0.5) is 0 Å². The lowest BCUT2D eigenvalue weighted by atomic mass is 9.95. The highest BCUT2D eigenvalue weighted by Crippen LogP contribution is 2.34. The Morgan fingerprint density at radius 2 is 2.04 bits per heavy atom. The summed E-state index contributed by atoms with van der Waals surface area (Å²) in [6.07, 6.45) is 0.906. The van der Waals surface area contributed by atoms with Crippen molar-refractivity contribution in [1.82, 2.24) is 10.6 Å². The van der Waals surface area contributed by atoms with E-state index in [4.69, 9.17) is 26.4 Å². The molecule has 0 amide bonds. The van der Waals surface area contributed by atoms with Crippen LogP contribution < -0.4 is 20.1 Å². The molecule has 7 heteroatoms. The SMILES string of the molecule is CCCOc1ccc([C@H]2NC(=S)NC(C)=C2C(=O)OC)cc1OC. The van der Waals surface area contributed by atoms with Gasteiger partial charge in [-0.05, 0) is 43.3 Å². The van der Waals surface area contributed by atoms with Crippen molar-refractivity contribution in [1.29, 1.82) is 0 Å². The van der Waals surface area contributed by atoms with E-state index in [1.807, 2.05) is 25.1 Å². The molecule has 0 aromatic heterocycles. The van der Waals surface area contributed by atoms with Gasteiger partial charge in [0.15, 0.2) is 16.6 Å². The zero-order valence-electron chi connectivity index (χ0n) is 14.3. The lowest BCUT2D eigenvalue weighted by molar-refractivity contribution is -0.136. The summed E-state index contributed by atoms with van der Waals surface area (Å²) in [5.74, 6) is 0.860.